The molecule has 0 bridgehead atoms. The molecule has 0 saturated heterocycles. The predicted octanol–water partition coefficient (Wildman–Crippen LogP) is 4.25. The van der Waals surface area contributed by atoms with Crippen molar-refractivity contribution in [3.05, 3.63) is 58.9 Å². The van der Waals surface area contributed by atoms with Gasteiger partial charge in [0.15, 0.2) is 0 Å². The Balaban J connectivity index is 2.09. The quantitative estimate of drug-likeness (QED) is 0.217. The molecule has 39 heavy (non-hydrogen) atoms. The number of nitrogens with one attached hydrogen (secondary N) is 2. The molecule has 1 unspecified atom stereocenters. The molecule has 15 heteroatoms. The summed E-state index contributed by atoms with van der Waals surface area (Å²) in [4.78, 5) is 38.7. The number of hydrogen-bond acceptors (Lipinski definition) is 6. The van der Waals surface area contributed by atoms with E-state index in [1.165, 1.54) is 20.8 Å². The third-order valence-electron chi connectivity index (χ3n) is 5.36. The van der Waals surface area contributed by atoms with E-state index in [-0.39, 0.29) is 5.56 Å². The molecular weight excluding hydrogens is 538 g/mol. The summed E-state index contributed by atoms with van der Waals surface area (Å²) in [6.45, 7) is 4.02. The summed E-state index contributed by atoms with van der Waals surface area (Å²) in [7, 11) is 0. The van der Waals surface area contributed by atoms with E-state index in [4.69, 9.17) is 10.6 Å². The Bertz CT molecular complexity index is 1260. The van der Waals surface area contributed by atoms with Crippen molar-refractivity contribution < 1.29 is 50.2 Å². The van der Waals surface area contributed by atoms with E-state index in [1.54, 1.807) is 5.43 Å². The first-order chi connectivity index (χ1) is 17.9. The van der Waals surface area contributed by atoms with E-state index in [9.17, 15) is 31.9 Å². The highest BCUT2D eigenvalue weighted by atomic mass is 19.4. The number of hydrazine groups is 1. The van der Waals surface area contributed by atoms with Gasteiger partial charge in [-0.05, 0) is 50.6 Å². The van der Waals surface area contributed by atoms with Gasteiger partial charge in [0.25, 0.3) is 11.8 Å². The monoisotopic (exact) mass is 562 g/mol. The molecule has 212 valence electrons. The fraction of sp³-hybridized carbons (Fsp3) is 0.375. The number of halogens is 6. The van der Waals surface area contributed by atoms with Crippen molar-refractivity contribution in [3.8, 4) is 5.75 Å². The van der Waals surface area contributed by atoms with Crippen LogP contribution in [0.25, 0.3) is 0 Å². The average Bonchev–Trinajstić information content (AvgIpc) is 2.86. The largest absolute Gasteiger partial charge is 0.573 e. The van der Waals surface area contributed by atoms with Crippen LogP contribution in [-0.2, 0) is 22.0 Å². The molecule has 0 fully saturated rings. The lowest BCUT2D eigenvalue weighted by Crippen LogP contribution is -2.49. The van der Waals surface area contributed by atoms with Gasteiger partial charge < -0.3 is 19.7 Å². The molecule has 0 radical (unpaired) electrons. The lowest BCUT2D eigenvalue weighted by atomic mass is 9.99. The van der Waals surface area contributed by atoms with Crippen molar-refractivity contribution in [1.29, 1.82) is 0 Å². The van der Waals surface area contributed by atoms with Gasteiger partial charge in [0.1, 0.15) is 23.2 Å². The van der Waals surface area contributed by atoms with Crippen LogP contribution in [0.1, 0.15) is 48.7 Å². The van der Waals surface area contributed by atoms with Crippen LogP contribution in [0.5, 0.6) is 5.75 Å². The standard InChI is InChI=1S/C24H24F6N4O5/c1-22(2,3)39-21(37)32-17-10-23(26,27)15-9-16(25)14(19(35)33-31)8-18(15)34(20(17)36)11-12-4-6-13(7-5-12)38-24(28,29)30/h4-9,17H,10-11,31H2,1-3H3,(H,32,37)(H,33,35). The van der Waals surface area contributed by atoms with Crippen molar-refractivity contribution in [2.45, 2.75) is 57.7 Å². The fourth-order valence-corrected chi connectivity index (χ4v) is 3.80. The highest BCUT2D eigenvalue weighted by Gasteiger charge is 2.47. The van der Waals surface area contributed by atoms with E-state index in [2.05, 4.69) is 10.1 Å². The first kappa shape index (κ1) is 29.5. The van der Waals surface area contributed by atoms with Crippen molar-refractivity contribution in [3.63, 3.8) is 0 Å². The Morgan fingerprint density at radius 3 is 2.28 bits per heavy atom. The number of alkyl halides is 5. The Hall–Kier alpha value is -4.01. The second-order valence-corrected chi connectivity index (χ2v) is 9.55. The topological polar surface area (TPSA) is 123 Å². The second-order valence-electron chi connectivity index (χ2n) is 9.55. The predicted molar refractivity (Wildman–Crippen MR) is 124 cm³/mol. The zero-order valence-electron chi connectivity index (χ0n) is 20.8. The molecule has 4 N–H and O–H groups in total. The highest BCUT2D eigenvalue weighted by Crippen LogP contribution is 2.44. The fourth-order valence-electron chi connectivity index (χ4n) is 3.80. The molecule has 1 aliphatic rings. The Labute approximate surface area is 218 Å². The number of fused-ring (bicyclic) bond motifs is 1. The van der Waals surface area contributed by atoms with Gasteiger partial charge in [0, 0.05) is 12.0 Å². The minimum absolute atomic E-state index is 0.152. The number of carbonyl (C=O) groups is 3. The van der Waals surface area contributed by atoms with E-state index in [1.807, 2.05) is 0 Å². The number of rotatable bonds is 5. The lowest BCUT2D eigenvalue weighted by Gasteiger charge is -2.27. The number of amides is 3. The summed E-state index contributed by atoms with van der Waals surface area (Å²) < 4.78 is 91.8. The lowest BCUT2D eigenvalue weighted by molar-refractivity contribution is -0.274. The number of nitrogens with two attached hydrogens (primary N) is 1. The Morgan fingerprint density at radius 2 is 1.74 bits per heavy atom. The van der Waals surface area contributed by atoms with Crippen LogP contribution in [0.3, 0.4) is 0 Å². The van der Waals surface area contributed by atoms with Gasteiger partial charge in [0.05, 0.1) is 17.8 Å². The van der Waals surface area contributed by atoms with Crippen LogP contribution in [0.4, 0.5) is 36.8 Å². The minimum atomic E-state index is -4.96. The van der Waals surface area contributed by atoms with Gasteiger partial charge in [-0.1, -0.05) is 12.1 Å². The van der Waals surface area contributed by atoms with E-state index >= 15 is 8.78 Å². The first-order valence-corrected chi connectivity index (χ1v) is 11.3. The molecule has 0 aliphatic carbocycles. The maximum atomic E-state index is 15.4. The minimum Gasteiger partial charge on any atom is -0.444 e. The summed E-state index contributed by atoms with van der Waals surface area (Å²) in [5.41, 5.74) is -1.50. The molecule has 0 aromatic heterocycles. The Morgan fingerprint density at radius 1 is 1.13 bits per heavy atom. The molecule has 1 heterocycles. The van der Waals surface area contributed by atoms with Gasteiger partial charge >= 0.3 is 12.5 Å². The maximum absolute atomic E-state index is 15.4. The number of nitrogens with zero attached hydrogens (tertiary/aromatic N) is 1. The Kier molecular flexibility index (Phi) is 8.05. The molecule has 9 nitrogen and oxygen atoms in total. The van der Waals surface area contributed by atoms with Crippen LogP contribution in [0.15, 0.2) is 36.4 Å². The van der Waals surface area contributed by atoms with Gasteiger partial charge in [-0.15, -0.1) is 13.2 Å². The van der Waals surface area contributed by atoms with Crippen LogP contribution >= 0.6 is 0 Å². The van der Waals surface area contributed by atoms with Crippen LogP contribution in [0, 0.1) is 5.82 Å². The van der Waals surface area contributed by atoms with E-state index in [0.717, 1.165) is 29.2 Å². The zero-order valence-corrected chi connectivity index (χ0v) is 20.8. The van der Waals surface area contributed by atoms with Gasteiger partial charge in [0.2, 0.25) is 5.91 Å². The number of nitrogen functional groups attached to an aromatic ring is 1. The summed E-state index contributed by atoms with van der Waals surface area (Å²) in [6.07, 6.45) is -7.42. The van der Waals surface area contributed by atoms with Gasteiger partial charge in [-0.3, -0.25) is 15.0 Å². The summed E-state index contributed by atoms with van der Waals surface area (Å²) in [5, 5.41) is 2.10. The molecular formula is C24H24F6N4O5. The second kappa shape index (κ2) is 10.6. The maximum Gasteiger partial charge on any atom is 0.573 e. The number of carbonyl (C=O) groups excluding carboxylic acids is 3. The molecule has 3 rings (SSSR count). The molecule has 2 aromatic carbocycles. The van der Waals surface area contributed by atoms with Crippen molar-refractivity contribution in [2.75, 3.05) is 4.90 Å². The summed E-state index contributed by atoms with van der Waals surface area (Å²) >= 11 is 0. The molecule has 0 spiro atoms. The normalized spacial score (nSPS) is 17.1. The zero-order chi connectivity index (χ0) is 29.3. The summed E-state index contributed by atoms with van der Waals surface area (Å²) in [6, 6.07) is 3.38. The number of hydrogen-bond donors (Lipinski definition) is 3. The van der Waals surface area contributed by atoms with E-state index < -0.39 is 83.2 Å². The molecule has 3 amide bonds. The third-order valence-corrected chi connectivity index (χ3v) is 5.36. The number of alkyl carbamates (subject to hydrolysis) is 1. The summed E-state index contributed by atoms with van der Waals surface area (Å²) in [5.74, 6) is -3.01. The number of ether oxygens (including phenoxy) is 2. The smallest absolute Gasteiger partial charge is 0.444 e. The first-order valence-electron chi connectivity index (χ1n) is 11.3. The molecule has 2 aromatic rings. The van der Waals surface area contributed by atoms with Crippen molar-refractivity contribution in [1.82, 2.24) is 10.7 Å². The highest BCUT2D eigenvalue weighted by molar-refractivity contribution is 6.02. The molecule has 1 atom stereocenters. The van der Waals surface area contributed by atoms with Gasteiger partial charge in [-0.2, -0.15) is 0 Å². The average molecular weight is 562 g/mol. The van der Waals surface area contributed by atoms with Gasteiger partial charge in [-0.25, -0.2) is 23.8 Å². The van der Waals surface area contributed by atoms with Crippen molar-refractivity contribution >= 4 is 23.6 Å². The number of benzene rings is 2. The van der Waals surface area contributed by atoms with Crippen LogP contribution in [-0.4, -0.2) is 35.9 Å². The van der Waals surface area contributed by atoms with Crippen LogP contribution < -0.4 is 26.2 Å². The van der Waals surface area contributed by atoms with Crippen LogP contribution in [0.2, 0.25) is 0 Å². The SMILES string of the molecule is CC(C)(C)OC(=O)NC1CC(F)(F)c2cc(F)c(C(=O)NN)cc2N(Cc2ccc(OC(F)(F)F)cc2)C1=O. The van der Waals surface area contributed by atoms with E-state index in [0.29, 0.717) is 12.1 Å². The third kappa shape index (κ3) is 7.31. The number of anilines is 1. The molecule has 0 saturated carbocycles. The molecule has 1 aliphatic heterocycles. The van der Waals surface area contributed by atoms with Crippen molar-refractivity contribution in [2.24, 2.45) is 5.84 Å².